The van der Waals surface area contributed by atoms with E-state index in [1.54, 1.807) is 23.2 Å². The van der Waals surface area contributed by atoms with Gasteiger partial charge >= 0.3 is 0 Å². The van der Waals surface area contributed by atoms with Crippen LogP contribution < -0.4 is 10.2 Å². The Balaban J connectivity index is 1.99. The molecule has 23 heavy (non-hydrogen) atoms. The van der Waals surface area contributed by atoms with Crippen molar-refractivity contribution in [3.05, 3.63) is 59.4 Å². The Kier molecular flexibility index (Phi) is 5.46. The van der Waals surface area contributed by atoms with Gasteiger partial charge in [-0.25, -0.2) is 0 Å². The summed E-state index contributed by atoms with van der Waals surface area (Å²) in [6.45, 7) is 6.37. The molecule has 0 saturated heterocycles. The minimum Gasteiger partial charge on any atom is -0.350 e. The first-order chi connectivity index (χ1) is 11.0. The second kappa shape index (κ2) is 7.54. The van der Waals surface area contributed by atoms with E-state index < -0.39 is 0 Å². The fourth-order valence-corrected chi connectivity index (χ4v) is 2.24. The van der Waals surface area contributed by atoms with Crippen LogP contribution in [0.4, 0.5) is 5.69 Å². The summed E-state index contributed by atoms with van der Waals surface area (Å²) in [7, 11) is 0. The Hall–Kier alpha value is -2.69. The molecular formula is C18H21N3O2. The van der Waals surface area contributed by atoms with E-state index in [1.165, 1.54) is 18.7 Å². The molecular weight excluding hydrogens is 290 g/mol. The highest BCUT2D eigenvalue weighted by Gasteiger charge is 2.13. The number of rotatable bonds is 5. The van der Waals surface area contributed by atoms with Crippen LogP contribution in [0.25, 0.3) is 0 Å². The molecule has 0 aliphatic heterocycles. The molecule has 1 heterocycles. The van der Waals surface area contributed by atoms with Crippen LogP contribution in [0.3, 0.4) is 0 Å². The lowest BCUT2D eigenvalue weighted by atomic mass is 10.1. The van der Waals surface area contributed by atoms with Crippen molar-refractivity contribution >= 4 is 17.5 Å². The van der Waals surface area contributed by atoms with Crippen LogP contribution in [0.1, 0.15) is 28.4 Å². The third kappa shape index (κ3) is 4.39. The van der Waals surface area contributed by atoms with Gasteiger partial charge in [0, 0.05) is 38.1 Å². The molecule has 0 aliphatic carbocycles. The number of nitrogens with zero attached hydrogens (tertiary/aromatic N) is 2. The van der Waals surface area contributed by atoms with Gasteiger partial charge in [-0.05, 0) is 49.2 Å². The summed E-state index contributed by atoms with van der Waals surface area (Å²) in [5, 5.41) is 2.81. The molecule has 0 fully saturated rings. The molecule has 0 atom stereocenters. The predicted octanol–water partition coefficient (Wildman–Crippen LogP) is 2.48. The van der Waals surface area contributed by atoms with Gasteiger partial charge in [-0.2, -0.15) is 0 Å². The minimum absolute atomic E-state index is 0.0520. The van der Waals surface area contributed by atoms with E-state index in [2.05, 4.69) is 10.3 Å². The Labute approximate surface area is 136 Å². The highest BCUT2D eigenvalue weighted by molar-refractivity contribution is 5.94. The summed E-state index contributed by atoms with van der Waals surface area (Å²) in [4.78, 5) is 29.4. The SMILES string of the molecule is CC(=O)N(CCNC(=O)c1cccnc1)c1ccc(C)c(C)c1. The van der Waals surface area contributed by atoms with E-state index in [0.29, 0.717) is 18.7 Å². The topological polar surface area (TPSA) is 62.3 Å². The van der Waals surface area contributed by atoms with Gasteiger partial charge in [-0.1, -0.05) is 6.07 Å². The van der Waals surface area contributed by atoms with Gasteiger partial charge in [0.2, 0.25) is 5.91 Å². The summed E-state index contributed by atoms with van der Waals surface area (Å²) >= 11 is 0. The number of benzene rings is 1. The maximum absolute atomic E-state index is 12.0. The predicted molar refractivity (Wildman–Crippen MR) is 90.5 cm³/mol. The fourth-order valence-electron chi connectivity index (χ4n) is 2.24. The number of hydrogen-bond donors (Lipinski definition) is 1. The van der Waals surface area contributed by atoms with Crippen molar-refractivity contribution in [2.75, 3.05) is 18.0 Å². The van der Waals surface area contributed by atoms with Crippen LogP contribution in [0.2, 0.25) is 0 Å². The number of aromatic nitrogens is 1. The van der Waals surface area contributed by atoms with Gasteiger partial charge in [0.1, 0.15) is 0 Å². The van der Waals surface area contributed by atoms with Gasteiger partial charge < -0.3 is 10.2 Å². The zero-order chi connectivity index (χ0) is 16.8. The van der Waals surface area contributed by atoms with Gasteiger partial charge in [-0.15, -0.1) is 0 Å². The smallest absolute Gasteiger partial charge is 0.252 e. The summed E-state index contributed by atoms with van der Waals surface area (Å²) in [5.41, 5.74) is 3.67. The maximum Gasteiger partial charge on any atom is 0.252 e. The molecule has 0 bridgehead atoms. The summed E-state index contributed by atoms with van der Waals surface area (Å²) < 4.78 is 0. The van der Waals surface area contributed by atoms with Gasteiger partial charge in [0.15, 0.2) is 0 Å². The molecule has 5 heteroatoms. The Morgan fingerprint density at radius 1 is 1.17 bits per heavy atom. The molecule has 2 aromatic rings. The summed E-state index contributed by atoms with van der Waals surface area (Å²) in [6, 6.07) is 9.32. The molecule has 0 unspecified atom stereocenters. The Morgan fingerprint density at radius 3 is 2.57 bits per heavy atom. The van der Waals surface area contributed by atoms with E-state index in [0.717, 1.165) is 11.3 Å². The molecule has 2 rings (SSSR count). The van der Waals surface area contributed by atoms with Crippen molar-refractivity contribution in [1.29, 1.82) is 0 Å². The first-order valence-electron chi connectivity index (χ1n) is 7.52. The first kappa shape index (κ1) is 16.7. The van der Waals surface area contributed by atoms with Crippen LogP contribution in [-0.4, -0.2) is 29.9 Å². The lowest BCUT2D eigenvalue weighted by Crippen LogP contribution is -2.37. The molecule has 0 aliphatic rings. The quantitative estimate of drug-likeness (QED) is 0.922. The monoisotopic (exact) mass is 311 g/mol. The highest BCUT2D eigenvalue weighted by atomic mass is 16.2. The molecule has 2 amide bonds. The number of carbonyl (C=O) groups is 2. The van der Waals surface area contributed by atoms with Crippen molar-refractivity contribution in [3.63, 3.8) is 0 Å². The molecule has 1 aromatic heterocycles. The number of aryl methyl sites for hydroxylation is 2. The molecule has 5 nitrogen and oxygen atoms in total. The van der Waals surface area contributed by atoms with Crippen molar-refractivity contribution in [1.82, 2.24) is 10.3 Å². The lowest BCUT2D eigenvalue weighted by molar-refractivity contribution is -0.116. The normalized spacial score (nSPS) is 10.2. The molecule has 0 spiro atoms. The zero-order valence-corrected chi connectivity index (χ0v) is 13.7. The number of hydrogen-bond acceptors (Lipinski definition) is 3. The van der Waals surface area contributed by atoms with E-state index in [1.807, 2.05) is 32.0 Å². The van der Waals surface area contributed by atoms with Crippen molar-refractivity contribution in [3.8, 4) is 0 Å². The number of amides is 2. The van der Waals surface area contributed by atoms with Crippen LogP contribution >= 0.6 is 0 Å². The van der Waals surface area contributed by atoms with Crippen LogP contribution in [-0.2, 0) is 4.79 Å². The average molecular weight is 311 g/mol. The standard InChI is InChI=1S/C18H21N3O2/c1-13-6-7-17(11-14(13)2)21(15(3)22)10-9-20-18(23)16-5-4-8-19-12-16/h4-8,11-12H,9-10H2,1-3H3,(H,20,23). The third-order valence-electron chi connectivity index (χ3n) is 3.73. The van der Waals surface area contributed by atoms with Crippen molar-refractivity contribution in [2.24, 2.45) is 0 Å². The zero-order valence-electron chi connectivity index (χ0n) is 13.7. The van der Waals surface area contributed by atoms with Gasteiger partial charge in [-0.3, -0.25) is 14.6 Å². The fraction of sp³-hybridized carbons (Fsp3) is 0.278. The Morgan fingerprint density at radius 2 is 1.96 bits per heavy atom. The van der Waals surface area contributed by atoms with Crippen LogP contribution in [0.15, 0.2) is 42.7 Å². The van der Waals surface area contributed by atoms with E-state index in [9.17, 15) is 9.59 Å². The summed E-state index contributed by atoms with van der Waals surface area (Å²) in [6.07, 6.45) is 3.13. The Bertz CT molecular complexity index is 699. The third-order valence-corrected chi connectivity index (χ3v) is 3.73. The lowest BCUT2D eigenvalue weighted by Gasteiger charge is -2.22. The second-order valence-electron chi connectivity index (χ2n) is 5.44. The summed E-state index contributed by atoms with van der Waals surface area (Å²) in [5.74, 6) is -0.245. The molecule has 0 saturated carbocycles. The van der Waals surface area contributed by atoms with Crippen LogP contribution in [0.5, 0.6) is 0 Å². The number of pyridine rings is 1. The van der Waals surface area contributed by atoms with Crippen LogP contribution in [0, 0.1) is 13.8 Å². The van der Waals surface area contributed by atoms with Gasteiger partial charge in [0.25, 0.3) is 5.91 Å². The second-order valence-corrected chi connectivity index (χ2v) is 5.44. The molecule has 1 aromatic carbocycles. The number of carbonyl (C=O) groups excluding carboxylic acids is 2. The molecule has 1 N–H and O–H groups in total. The number of anilines is 1. The average Bonchev–Trinajstić information content (AvgIpc) is 2.54. The van der Waals surface area contributed by atoms with Crippen molar-refractivity contribution in [2.45, 2.75) is 20.8 Å². The molecule has 120 valence electrons. The van der Waals surface area contributed by atoms with E-state index in [4.69, 9.17) is 0 Å². The maximum atomic E-state index is 12.0. The minimum atomic E-state index is -0.193. The van der Waals surface area contributed by atoms with Crippen molar-refractivity contribution < 1.29 is 9.59 Å². The van der Waals surface area contributed by atoms with Gasteiger partial charge in [0.05, 0.1) is 5.56 Å². The van der Waals surface area contributed by atoms with E-state index >= 15 is 0 Å². The highest BCUT2D eigenvalue weighted by Crippen LogP contribution is 2.18. The largest absolute Gasteiger partial charge is 0.350 e. The molecule has 0 radical (unpaired) electrons. The van der Waals surface area contributed by atoms with E-state index in [-0.39, 0.29) is 11.8 Å². The first-order valence-corrected chi connectivity index (χ1v) is 7.52. The number of nitrogens with one attached hydrogen (secondary N) is 1.